The maximum absolute atomic E-state index is 5.85. The smallest absolute Gasteiger partial charge is 0.126 e. The Bertz CT molecular complexity index is 509. The Morgan fingerprint density at radius 1 is 1.27 bits per heavy atom. The van der Waals surface area contributed by atoms with Gasteiger partial charge in [0.15, 0.2) is 0 Å². The molecule has 2 N–H and O–H groups in total. The van der Waals surface area contributed by atoms with Crippen molar-refractivity contribution < 1.29 is 9.47 Å². The van der Waals surface area contributed by atoms with Gasteiger partial charge in [-0.05, 0) is 37.7 Å². The van der Waals surface area contributed by atoms with Gasteiger partial charge in [-0.1, -0.05) is 0 Å². The van der Waals surface area contributed by atoms with Crippen LogP contribution in [0.2, 0.25) is 0 Å². The van der Waals surface area contributed by atoms with Crippen LogP contribution in [0, 0.1) is 0 Å². The summed E-state index contributed by atoms with van der Waals surface area (Å²) in [6, 6.07) is 5.63. The van der Waals surface area contributed by atoms with Crippen LogP contribution in [-0.2, 0) is 4.74 Å². The number of likely N-dealkylation sites (N-methyl/N-ethyl adjacent to an activating group) is 1. The average Bonchev–Trinajstić information content (AvgIpc) is 2.53. The molecule has 0 unspecified atom stereocenters. The standard InChI is InChI=1S/C17H27N3O2/c1-14(16-12-15(18)4-5-17(16)21-3)13-22-11-10-20-8-6-19(2)7-9-20/h4-5,12-13H,6-11,18H2,1-3H3/b14-13+. The van der Waals surface area contributed by atoms with Crippen molar-refractivity contribution in [2.75, 3.05) is 59.2 Å². The van der Waals surface area contributed by atoms with Crippen LogP contribution in [0.5, 0.6) is 5.75 Å². The second-order valence-electron chi connectivity index (χ2n) is 5.78. The van der Waals surface area contributed by atoms with Gasteiger partial charge in [0.2, 0.25) is 0 Å². The number of nitrogens with zero attached hydrogens (tertiary/aromatic N) is 2. The molecule has 0 spiro atoms. The molecule has 5 heteroatoms. The number of methoxy groups -OCH3 is 1. The van der Waals surface area contributed by atoms with E-state index in [1.807, 2.05) is 25.1 Å². The van der Waals surface area contributed by atoms with Gasteiger partial charge >= 0.3 is 0 Å². The highest BCUT2D eigenvalue weighted by Crippen LogP contribution is 2.27. The molecule has 122 valence electrons. The largest absolute Gasteiger partial charge is 0.500 e. The van der Waals surface area contributed by atoms with E-state index in [1.165, 1.54) is 0 Å². The molecule has 1 heterocycles. The normalized spacial score (nSPS) is 17.5. The molecule has 1 aromatic carbocycles. The number of benzene rings is 1. The van der Waals surface area contributed by atoms with Crippen LogP contribution in [0.3, 0.4) is 0 Å². The zero-order valence-electron chi connectivity index (χ0n) is 13.8. The second kappa shape index (κ2) is 8.06. The van der Waals surface area contributed by atoms with Crippen LogP contribution in [0.1, 0.15) is 12.5 Å². The fraction of sp³-hybridized carbons (Fsp3) is 0.529. The third kappa shape index (κ3) is 4.64. The van der Waals surface area contributed by atoms with Gasteiger partial charge in [0.25, 0.3) is 0 Å². The lowest BCUT2D eigenvalue weighted by molar-refractivity contribution is 0.122. The van der Waals surface area contributed by atoms with Crippen molar-refractivity contribution in [1.29, 1.82) is 0 Å². The zero-order valence-corrected chi connectivity index (χ0v) is 13.8. The predicted octanol–water partition coefficient (Wildman–Crippen LogP) is 1.90. The summed E-state index contributed by atoms with van der Waals surface area (Å²) in [6.45, 7) is 8.17. The number of hydrogen-bond acceptors (Lipinski definition) is 5. The third-order valence-electron chi connectivity index (χ3n) is 4.03. The van der Waals surface area contributed by atoms with Gasteiger partial charge in [-0.2, -0.15) is 0 Å². The average molecular weight is 305 g/mol. The van der Waals surface area contributed by atoms with E-state index in [-0.39, 0.29) is 0 Å². The molecular weight excluding hydrogens is 278 g/mol. The van der Waals surface area contributed by atoms with E-state index < -0.39 is 0 Å². The molecule has 2 rings (SSSR count). The van der Waals surface area contributed by atoms with Gasteiger partial charge in [0.05, 0.1) is 20.0 Å². The van der Waals surface area contributed by atoms with E-state index >= 15 is 0 Å². The Balaban J connectivity index is 1.84. The van der Waals surface area contributed by atoms with Crippen LogP contribution in [0.25, 0.3) is 5.57 Å². The maximum atomic E-state index is 5.85. The third-order valence-corrected chi connectivity index (χ3v) is 4.03. The number of rotatable bonds is 6. The number of nitrogens with two attached hydrogens (primary N) is 1. The predicted molar refractivity (Wildman–Crippen MR) is 90.9 cm³/mol. The number of ether oxygens (including phenoxy) is 2. The summed E-state index contributed by atoms with van der Waals surface area (Å²) in [5.74, 6) is 0.811. The Hall–Kier alpha value is -1.72. The number of nitrogen functional groups attached to an aromatic ring is 1. The van der Waals surface area contributed by atoms with E-state index in [9.17, 15) is 0 Å². The molecule has 5 nitrogen and oxygen atoms in total. The Morgan fingerprint density at radius 3 is 2.68 bits per heavy atom. The summed E-state index contributed by atoms with van der Waals surface area (Å²) in [5.41, 5.74) is 8.56. The number of hydrogen-bond donors (Lipinski definition) is 1. The fourth-order valence-electron chi connectivity index (χ4n) is 2.53. The lowest BCUT2D eigenvalue weighted by Gasteiger charge is -2.32. The van der Waals surface area contributed by atoms with Crippen molar-refractivity contribution in [3.63, 3.8) is 0 Å². The molecule has 0 saturated carbocycles. The fourth-order valence-corrected chi connectivity index (χ4v) is 2.53. The lowest BCUT2D eigenvalue weighted by atomic mass is 10.1. The first-order valence-electron chi connectivity index (χ1n) is 7.73. The van der Waals surface area contributed by atoms with Crippen molar-refractivity contribution in [1.82, 2.24) is 9.80 Å². The molecule has 0 aliphatic carbocycles. The lowest BCUT2D eigenvalue weighted by Crippen LogP contribution is -2.45. The molecular formula is C17H27N3O2. The summed E-state index contributed by atoms with van der Waals surface area (Å²) in [6.07, 6.45) is 1.80. The van der Waals surface area contributed by atoms with Gasteiger partial charge in [-0.3, -0.25) is 4.90 Å². The van der Waals surface area contributed by atoms with Crippen LogP contribution in [0.15, 0.2) is 24.5 Å². The van der Waals surface area contributed by atoms with E-state index in [1.54, 1.807) is 13.4 Å². The van der Waals surface area contributed by atoms with Crippen molar-refractivity contribution >= 4 is 11.3 Å². The summed E-state index contributed by atoms with van der Waals surface area (Å²) < 4.78 is 11.1. The molecule has 0 aromatic heterocycles. The summed E-state index contributed by atoms with van der Waals surface area (Å²) in [5, 5.41) is 0. The minimum Gasteiger partial charge on any atom is -0.500 e. The van der Waals surface area contributed by atoms with Crippen molar-refractivity contribution in [2.24, 2.45) is 0 Å². The monoisotopic (exact) mass is 305 g/mol. The van der Waals surface area contributed by atoms with Crippen LogP contribution in [-0.4, -0.2) is 63.3 Å². The maximum Gasteiger partial charge on any atom is 0.126 e. The molecule has 1 aliphatic heterocycles. The summed E-state index contributed by atoms with van der Waals surface area (Å²) >= 11 is 0. The molecule has 0 bridgehead atoms. The summed E-state index contributed by atoms with van der Waals surface area (Å²) in [4.78, 5) is 4.79. The minimum absolute atomic E-state index is 0.700. The van der Waals surface area contributed by atoms with Gasteiger partial charge in [-0.15, -0.1) is 0 Å². The number of allylic oxidation sites excluding steroid dienone is 1. The minimum atomic E-state index is 0.700. The van der Waals surface area contributed by atoms with Crippen LogP contribution in [0.4, 0.5) is 5.69 Å². The molecule has 1 aliphatic rings. The van der Waals surface area contributed by atoms with E-state index in [2.05, 4.69) is 16.8 Å². The van der Waals surface area contributed by atoms with E-state index in [0.29, 0.717) is 6.61 Å². The first-order valence-corrected chi connectivity index (χ1v) is 7.73. The van der Waals surface area contributed by atoms with Crippen LogP contribution < -0.4 is 10.5 Å². The first-order chi connectivity index (χ1) is 10.6. The number of anilines is 1. The molecule has 22 heavy (non-hydrogen) atoms. The highest BCUT2D eigenvalue weighted by atomic mass is 16.5. The molecule has 1 aromatic rings. The Kier molecular flexibility index (Phi) is 6.10. The Morgan fingerprint density at radius 2 is 2.00 bits per heavy atom. The molecule has 0 radical (unpaired) electrons. The van der Waals surface area contributed by atoms with Gasteiger partial charge in [-0.25, -0.2) is 0 Å². The molecule has 1 saturated heterocycles. The van der Waals surface area contributed by atoms with Crippen molar-refractivity contribution in [3.8, 4) is 5.75 Å². The SMILES string of the molecule is COc1ccc(N)cc1/C(C)=C/OCCN1CCN(C)CC1. The Labute approximate surface area is 133 Å². The van der Waals surface area contributed by atoms with E-state index in [0.717, 1.165) is 55.3 Å². The molecule has 0 amide bonds. The zero-order chi connectivity index (χ0) is 15.9. The number of piperazine rings is 1. The molecule has 0 atom stereocenters. The highest BCUT2D eigenvalue weighted by molar-refractivity contribution is 5.71. The topological polar surface area (TPSA) is 51.0 Å². The second-order valence-corrected chi connectivity index (χ2v) is 5.78. The summed E-state index contributed by atoms with van der Waals surface area (Å²) in [7, 11) is 3.83. The van der Waals surface area contributed by atoms with Crippen LogP contribution >= 0.6 is 0 Å². The van der Waals surface area contributed by atoms with E-state index in [4.69, 9.17) is 15.2 Å². The van der Waals surface area contributed by atoms with Gasteiger partial charge in [0.1, 0.15) is 5.75 Å². The van der Waals surface area contributed by atoms with Gasteiger partial charge in [0, 0.05) is 44.0 Å². The van der Waals surface area contributed by atoms with Crippen molar-refractivity contribution in [2.45, 2.75) is 6.92 Å². The first kappa shape index (κ1) is 16.6. The quantitative estimate of drug-likeness (QED) is 0.494. The highest BCUT2D eigenvalue weighted by Gasteiger charge is 2.13. The molecule has 1 fully saturated rings. The van der Waals surface area contributed by atoms with Crippen molar-refractivity contribution in [3.05, 3.63) is 30.0 Å². The van der Waals surface area contributed by atoms with Gasteiger partial charge < -0.3 is 20.1 Å².